The number of benzene rings is 2. The Morgan fingerprint density at radius 3 is 2.30 bits per heavy atom. The average Bonchev–Trinajstić information content (AvgIpc) is 3.27. The predicted octanol–water partition coefficient (Wildman–Crippen LogP) is 2.87. The molecule has 0 bridgehead atoms. The molecule has 2 aliphatic rings. The van der Waals surface area contributed by atoms with E-state index in [4.69, 9.17) is 0 Å². The summed E-state index contributed by atoms with van der Waals surface area (Å²) in [6, 6.07) is 16.7. The highest BCUT2D eigenvalue weighted by atomic mass is 32.2. The molecule has 1 atom stereocenters. The summed E-state index contributed by atoms with van der Waals surface area (Å²) in [5.41, 5.74) is 2.46. The minimum atomic E-state index is -0.391. The first-order valence-corrected chi connectivity index (χ1v) is 10.7. The minimum Gasteiger partial charge on any atom is -0.338 e. The molecule has 0 aromatic heterocycles. The van der Waals surface area contributed by atoms with Gasteiger partial charge in [0, 0.05) is 25.2 Å². The van der Waals surface area contributed by atoms with Gasteiger partial charge in [0.25, 0.3) is 5.24 Å². The Hall–Kier alpha value is -3.13. The van der Waals surface area contributed by atoms with Gasteiger partial charge in [0.15, 0.2) is 0 Å². The maximum absolute atomic E-state index is 12.6. The minimum absolute atomic E-state index is 0.0211. The van der Waals surface area contributed by atoms with E-state index in [1.807, 2.05) is 30.3 Å². The van der Waals surface area contributed by atoms with Crippen LogP contribution < -0.4 is 5.32 Å². The van der Waals surface area contributed by atoms with Gasteiger partial charge in [-0.3, -0.25) is 24.1 Å². The van der Waals surface area contributed by atoms with E-state index < -0.39 is 5.92 Å². The Morgan fingerprint density at radius 2 is 1.63 bits per heavy atom. The van der Waals surface area contributed by atoms with Crippen LogP contribution in [0.3, 0.4) is 0 Å². The molecule has 2 aromatic carbocycles. The molecule has 2 aliphatic heterocycles. The molecule has 0 spiro atoms. The highest BCUT2D eigenvalue weighted by Crippen LogP contribution is 2.24. The molecule has 4 amide bonds. The first kappa shape index (κ1) is 20.2. The molecule has 2 saturated heterocycles. The molecule has 2 fully saturated rings. The van der Waals surface area contributed by atoms with E-state index in [-0.39, 0.29) is 41.7 Å². The van der Waals surface area contributed by atoms with E-state index in [0.717, 1.165) is 22.9 Å². The highest BCUT2D eigenvalue weighted by molar-refractivity contribution is 8.14. The number of hydrogen-bond donors (Lipinski definition) is 1. The number of anilines is 1. The lowest BCUT2D eigenvalue weighted by molar-refractivity contribution is -0.128. The highest BCUT2D eigenvalue weighted by Gasteiger charge is 2.34. The van der Waals surface area contributed by atoms with Crippen LogP contribution in [-0.2, 0) is 27.5 Å². The van der Waals surface area contributed by atoms with E-state index in [2.05, 4.69) is 5.32 Å². The SMILES string of the molecule is O=C(Nc1ccc(CN2C(=O)CSC2=O)cc1)C1CC(=O)N(Cc2ccccc2)C1. The summed E-state index contributed by atoms with van der Waals surface area (Å²) < 4.78 is 0. The van der Waals surface area contributed by atoms with Crippen LogP contribution in [0.2, 0.25) is 0 Å². The Balaban J connectivity index is 1.32. The van der Waals surface area contributed by atoms with Crippen molar-refractivity contribution in [2.45, 2.75) is 19.5 Å². The normalized spacial score (nSPS) is 18.9. The lowest BCUT2D eigenvalue weighted by Crippen LogP contribution is -2.28. The van der Waals surface area contributed by atoms with Crippen LogP contribution >= 0.6 is 11.8 Å². The molecule has 154 valence electrons. The number of nitrogens with zero attached hydrogens (tertiary/aromatic N) is 2. The van der Waals surface area contributed by atoms with Gasteiger partial charge in [0.1, 0.15) is 0 Å². The molecule has 1 N–H and O–H groups in total. The van der Waals surface area contributed by atoms with Crippen LogP contribution in [0.15, 0.2) is 54.6 Å². The Labute approximate surface area is 178 Å². The first-order valence-electron chi connectivity index (χ1n) is 9.68. The Morgan fingerprint density at radius 1 is 0.933 bits per heavy atom. The van der Waals surface area contributed by atoms with Gasteiger partial charge in [0.2, 0.25) is 17.7 Å². The fraction of sp³-hybridized carbons (Fsp3) is 0.273. The smallest absolute Gasteiger partial charge is 0.289 e. The third-order valence-electron chi connectivity index (χ3n) is 5.20. The lowest BCUT2D eigenvalue weighted by Gasteiger charge is -2.17. The van der Waals surface area contributed by atoms with Gasteiger partial charge < -0.3 is 10.2 Å². The summed E-state index contributed by atoms with van der Waals surface area (Å²) in [6.07, 6.45) is 0.202. The zero-order chi connectivity index (χ0) is 21.1. The second kappa shape index (κ2) is 8.71. The summed E-state index contributed by atoms with van der Waals surface area (Å²) in [6.45, 7) is 1.13. The largest absolute Gasteiger partial charge is 0.338 e. The number of hydrogen-bond acceptors (Lipinski definition) is 5. The zero-order valence-electron chi connectivity index (χ0n) is 16.2. The number of rotatable bonds is 6. The summed E-state index contributed by atoms with van der Waals surface area (Å²) in [5.74, 6) is -0.597. The quantitative estimate of drug-likeness (QED) is 0.772. The average molecular weight is 423 g/mol. The van der Waals surface area contributed by atoms with Crippen molar-refractivity contribution in [3.63, 3.8) is 0 Å². The lowest BCUT2D eigenvalue weighted by atomic mass is 10.1. The van der Waals surface area contributed by atoms with E-state index >= 15 is 0 Å². The summed E-state index contributed by atoms with van der Waals surface area (Å²) in [5, 5.41) is 2.62. The topological polar surface area (TPSA) is 86.8 Å². The van der Waals surface area contributed by atoms with Crippen LogP contribution in [-0.4, -0.2) is 45.1 Å². The van der Waals surface area contributed by atoms with Crippen molar-refractivity contribution in [2.24, 2.45) is 5.92 Å². The third-order valence-corrected chi connectivity index (χ3v) is 6.06. The van der Waals surface area contributed by atoms with Gasteiger partial charge in [0.05, 0.1) is 18.2 Å². The fourth-order valence-corrected chi connectivity index (χ4v) is 4.28. The Kier molecular flexibility index (Phi) is 5.85. The van der Waals surface area contributed by atoms with E-state index in [9.17, 15) is 19.2 Å². The molecule has 2 aromatic rings. The van der Waals surface area contributed by atoms with Crippen LogP contribution in [0.4, 0.5) is 10.5 Å². The molecule has 4 rings (SSSR count). The number of thioether (sulfide) groups is 1. The van der Waals surface area contributed by atoms with Gasteiger partial charge in [-0.25, -0.2) is 0 Å². The number of imide groups is 1. The molecular weight excluding hydrogens is 402 g/mol. The number of likely N-dealkylation sites (tertiary alicyclic amines) is 1. The molecular formula is C22H21N3O4S. The van der Waals surface area contributed by atoms with Gasteiger partial charge in [-0.15, -0.1) is 0 Å². The summed E-state index contributed by atoms with van der Waals surface area (Å²) in [4.78, 5) is 51.3. The van der Waals surface area contributed by atoms with E-state index in [1.165, 1.54) is 4.90 Å². The molecule has 7 nitrogen and oxygen atoms in total. The predicted molar refractivity (Wildman–Crippen MR) is 113 cm³/mol. The zero-order valence-corrected chi connectivity index (χ0v) is 17.1. The number of carbonyl (C=O) groups excluding carboxylic acids is 4. The number of amides is 4. The molecule has 8 heteroatoms. The van der Waals surface area contributed by atoms with Gasteiger partial charge in [-0.1, -0.05) is 54.2 Å². The van der Waals surface area contributed by atoms with E-state index in [0.29, 0.717) is 18.8 Å². The van der Waals surface area contributed by atoms with E-state index in [1.54, 1.807) is 29.2 Å². The van der Waals surface area contributed by atoms with Crippen LogP contribution in [0.1, 0.15) is 17.5 Å². The maximum Gasteiger partial charge on any atom is 0.289 e. The van der Waals surface area contributed by atoms with Crippen molar-refractivity contribution in [3.8, 4) is 0 Å². The van der Waals surface area contributed by atoms with Crippen LogP contribution in [0, 0.1) is 5.92 Å². The van der Waals surface area contributed by atoms with Crippen LogP contribution in [0.25, 0.3) is 0 Å². The molecule has 0 saturated carbocycles. The first-order chi connectivity index (χ1) is 14.5. The standard InChI is InChI=1S/C22H21N3O4S/c26-19-10-17(13-24(19)11-15-4-2-1-3-5-15)21(28)23-18-8-6-16(7-9-18)12-25-20(27)14-30-22(25)29/h1-9,17H,10-14H2,(H,23,28). The summed E-state index contributed by atoms with van der Waals surface area (Å²) >= 11 is 1.01. The molecule has 1 unspecified atom stereocenters. The van der Waals surface area contributed by atoms with Crippen molar-refractivity contribution in [1.29, 1.82) is 0 Å². The molecule has 0 aliphatic carbocycles. The monoisotopic (exact) mass is 423 g/mol. The van der Waals surface area contributed by atoms with Gasteiger partial charge in [-0.05, 0) is 23.3 Å². The second-order valence-electron chi connectivity index (χ2n) is 7.38. The van der Waals surface area contributed by atoms with Gasteiger partial charge >= 0.3 is 0 Å². The van der Waals surface area contributed by atoms with Crippen molar-refractivity contribution >= 4 is 40.4 Å². The van der Waals surface area contributed by atoms with Crippen molar-refractivity contribution in [1.82, 2.24) is 9.80 Å². The third kappa shape index (κ3) is 4.54. The number of carbonyl (C=O) groups is 4. The number of nitrogens with one attached hydrogen (secondary N) is 1. The second-order valence-corrected chi connectivity index (χ2v) is 8.31. The maximum atomic E-state index is 12.6. The van der Waals surface area contributed by atoms with Crippen molar-refractivity contribution in [2.75, 3.05) is 17.6 Å². The van der Waals surface area contributed by atoms with Gasteiger partial charge in [-0.2, -0.15) is 0 Å². The molecule has 2 heterocycles. The molecule has 0 radical (unpaired) electrons. The van der Waals surface area contributed by atoms with Crippen LogP contribution in [0.5, 0.6) is 0 Å². The van der Waals surface area contributed by atoms with Crippen molar-refractivity contribution < 1.29 is 19.2 Å². The Bertz CT molecular complexity index is 962. The fourth-order valence-electron chi connectivity index (χ4n) is 3.56. The van der Waals surface area contributed by atoms with Crippen molar-refractivity contribution in [3.05, 3.63) is 65.7 Å². The molecule has 30 heavy (non-hydrogen) atoms. The summed E-state index contributed by atoms with van der Waals surface area (Å²) in [7, 11) is 0.